The van der Waals surface area contributed by atoms with Crippen molar-refractivity contribution in [1.82, 2.24) is 15.0 Å². The molecule has 6 heteroatoms. The van der Waals surface area contributed by atoms with Crippen LogP contribution in [0.1, 0.15) is 0 Å². The Hall–Kier alpha value is -1.66. The molecule has 2 aromatic heterocycles. The molecule has 0 radical (unpaired) electrons. The lowest BCUT2D eigenvalue weighted by Crippen LogP contribution is -1.99. The molecule has 0 unspecified atom stereocenters. The van der Waals surface area contributed by atoms with Crippen LogP contribution in [0.4, 0.5) is 11.5 Å². The van der Waals surface area contributed by atoms with Crippen LogP contribution < -0.4 is 5.32 Å². The molecule has 4 nitrogen and oxygen atoms in total. The van der Waals surface area contributed by atoms with Crippen molar-refractivity contribution in [3.05, 3.63) is 47.1 Å². The van der Waals surface area contributed by atoms with E-state index in [2.05, 4.69) is 36.2 Å². The molecule has 3 aromatic rings. The largest absolute Gasteiger partial charge is 0.339 e. The molecule has 0 amide bonds. The molecule has 1 N–H and O–H groups in total. The van der Waals surface area contributed by atoms with Crippen LogP contribution in [0.15, 0.2) is 52.2 Å². The fourth-order valence-corrected chi connectivity index (χ4v) is 2.59. The Balaban J connectivity index is 2.10. The van der Waals surface area contributed by atoms with E-state index < -0.39 is 0 Å². The normalized spacial score (nSPS) is 10.7. The Labute approximate surface area is 129 Å². The molecule has 0 saturated carbocycles. The highest BCUT2D eigenvalue weighted by atomic mass is 79.9. The van der Waals surface area contributed by atoms with Crippen molar-refractivity contribution < 1.29 is 0 Å². The zero-order valence-electron chi connectivity index (χ0n) is 10.7. The lowest BCUT2D eigenvalue weighted by molar-refractivity contribution is 0.996. The van der Waals surface area contributed by atoms with E-state index in [-0.39, 0.29) is 0 Å². The second kappa shape index (κ2) is 5.76. The summed E-state index contributed by atoms with van der Waals surface area (Å²) in [6, 6.07) is 11.8. The second-order valence-corrected chi connectivity index (χ2v) is 5.76. The third-order valence-electron chi connectivity index (χ3n) is 2.72. The lowest BCUT2D eigenvalue weighted by atomic mass is 10.3. The second-order valence-electron chi connectivity index (χ2n) is 4.07. The minimum atomic E-state index is 0.698. The van der Waals surface area contributed by atoms with Crippen molar-refractivity contribution in [1.29, 1.82) is 0 Å². The van der Waals surface area contributed by atoms with Crippen molar-refractivity contribution in [3.8, 4) is 0 Å². The van der Waals surface area contributed by atoms with Gasteiger partial charge in [-0.25, -0.2) is 15.0 Å². The highest BCUT2D eigenvalue weighted by Gasteiger charge is 2.08. The van der Waals surface area contributed by atoms with Crippen molar-refractivity contribution in [2.75, 3.05) is 11.6 Å². The molecular formula is C14H11BrN4S. The first-order valence-electron chi connectivity index (χ1n) is 5.95. The maximum Gasteiger partial charge on any atom is 0.191 e. The number of nitrogens with zero attached hydrogens (tertiary/aromatic N) is 3. The molecule has 2 heterocycles. The summed E-state index contributed by atoms with van der Waals surface area (Å²) >= 11 is 4.96. The topological polar surface area (TPSA) is 50.7 Å². The molecule has 1 aromatic carbocycles. The van der Waals surface area contributed by atoms with E-state index in [4.69, 9.17) is 0 Å². The Morgan fingerprint density at radius 2 is 2.05 bits per heavy atom. The van der Waals surface area contributed by atoms with Gasteiger partial charge in [-0.1, -0.05) is 33.8 Å². The minimum absolute atomic E-state index is 0.698. The predicted molar refractivity (Wildman–Crippen MR) is 86.5 cm³/mol. The van der Waals surface area contributed by atoms with Gasteiger partial charge in [0.2, 0.25) is 0 Å². The number of thioether (sulfide) groups is 1. The molecule has 0 fully saturated rings. The van der Waals surface area contributed by atoms with Crippen molar-refractivity contribution in [3.63, 3.8) is 0 Å². The van der Waals surface area contributed by atoms with Crippen molar-refractivity contribution in [2.24, 2.45) is 0 Å². The van der Waals surface area contributed by atoms with Crippen molar-refractivity contribution in [2.45, 2.75) is 5.16 Å². The van der Waals surface area contributed by atoms with E-state index in [1.165, 1.54) is 11.8 Å². The van der Waals surface area contributed by atoms with E-state index >= 15 is 0 Å². The summed E-state index contributed by atoms with van der Waals surface area (Å²) in [6.45, 7) is 0. The third-order valence-corrected chi connectivity index (χ3v) is 3.76. The van der Waals surface area contributed by atoms with E-state index in [0.29, 0.717) is 10.8 Å². The molecule has 0 aliphatic heterocycles. The number of pyridine rings is 1. The van der Waals surface area contributed by atoms with Gasteiger partial charge in [0.05, 0.1) is 5.39 Å². The fourth-order valence-electron chi connectivity index (χ4n) is 1.83. The summed E-state index contributed by atoms with van der Waals surface area (Å²) in [7, 11) is 0. The highest BCUT2D eigenvalue weighted by Crippen LogP contribution is 2.26. The molecule has 100 valence electrons. The number of rotatable bonds is 3. The van der Waals surface area contributed by atoms with Crippen LogP contribution >= 0.6 is 27.7 Å². The van der Waals surface area contributed by atoms with Crippen LogP contribution in [-0.2, 0) is 0 Å². The first kappa shape index (κ1) is 13.3. The van der Waals surface area contributed by atoms with Crippen LogP contribution in [0.2, 0.25) is 0 Å². The smallest absolute Gasteiger partial charge is 0.191 e. The number of hydrogen-bond acceptors (Lipinski definition) is 5. The number of nitrogens with one attached hydrogen (secondary N) is 1. The first-order valence-corrected chi connectivity index (χ1v) is 7.97. The molecule has 0 atom stereocenters. The Morgan fingerprint density at radius 3 is 2.85 bits per heavy atom. The van der Waals surface area contributed by atoms with Gasteiger partial charge < -0.3 is 5.32 Å². The Kier molecular flexibility index (Phi) is 3.84. The fraction of sp³-hybridized carbons (Fsp3) is 0.0714. The third kappa shape index (κ3) is 2.76. The number of hydrogen-bond donors (Lipinski definition) is 1. The van der Waals surface area contributed by atoms with Gasteiger partial charge in [-0.3, -0.25) is 0 Å². The van der Waals surface area contributed by atoms with E-state index in [1.54, 1.807) is 6.20 Å². The standard InChI is InChI=1S/C14H11BrN4S/c1-20-14-18-12-11(6-3-7-16-12)13(19-14)17-10-5-2-4-9(15)8-10/h2-8H,1H3,(H,16,17,18,19). The van der Waals surface area contributed by atoms with Gasteiger partial charge in [-0.15, -0.1) is 0 Å². The van der Waals surface area contributed by atoms with E-state index in [0.717, 1.165) is 21.4 Å². The van der Waals surface area contributed by atoms with E-state index in [9.17, 15) is 0 Å². The van der Waals surface area contributed by atoms with Gasteiger partial charge in [0.15, 0.2) is 10.8 Å². The van der Waals surface area contributed by atoms with Gasteiger partial charge in [0.25, 0.3) is 0 Å². The van der Waals surface area contributed by atoms with Gasteiger partial charge in [-0.2, -0.15) is 0 Å². The lowest BCUT2D eigenvalue weighted by Gasteiger charge is -2.09. The SMILES string of the molecule is CSc1nc(Nc2cccc(Br)c2)c2cccnc2n1. The Bertz CT molecular complexity index is 763. The van der Waals surface area contributed by atoms with Gasteiger partial charge in [0, 0.05) is 16.4 Å². The quantitative estimate of drug-likeness (QED) is 0.567. The average Bonchev–Trinajstić information content (AvgIpc) is 2.47. The van der Waals surface area contributed by atoms with Gasteiger partial charge in [0.1, 0.15) is 5.82 Å². The zero-order chi connectivity index (χ0) is 13.9. The maximum absolute atomic E-state index is 4.53. The summed E-state index contributed by atoms with van der Waals surface area (Å²) < 4.78 is 1.02. The van der Waals surface area contributed by atoms with Gasteiger partial charge >= 0.3 is 0 Å². The van der Waals surface area contributed by atoms with Crippen LogP contribution in [0.5, 0.6) is 0 Å². The molecule has 0 spiro atoms. The van der Waals surface area contributed by atoms with Crippen LogP contribution in [0.25, 0.3) is 11.0 Å². The highest BCUT2D eigenvalue weighted by molar-refractivity contribution is 9.10. The number of aromatic nitrogens is 3. The molecule has 0 aliphatic carbocycles. The first-order chi connectivity index (χ1) is 9.76. The summed E-state index contributed by atoms with van der Waals surface area (Å²) in [5, 5.41) is 4.94. The summed E-state index contributed by atoms with van der Waals surface area (Å²) in [4.78, 5) is 13.2. The predicted octanol–water partition coefficient (Wildman–Crippen LogP) is 4.25. The molecule has 20 heavy (non-hydrogen) atoms. The number of halogens is 1. The molecule has 0 saturated heterocycles. The number of fused-ring (bicyclic) bond motifs is 1. The number of benzene rings is 1. The van der Waals surface area contributed by atoms with E-state index in [1.807, 2.05) is 42.7 Å². The average molecular weight is 347 g/mol. The molecular weight excluding hydrogens is 336 g/mol. The molecule has 0 aliphatic rings. The summed E-state index contributed by atoms with van der Waals surface area (Å²) in [6.07, 6.45) is 3.69. The molecule has 3 rings (SSSR count). The van der Waals surface area contributed by atoms with Crippen LogP contribution in [-0.4, -0.2) is 21.2 Å². The monoisotopic (exact) mass is 346 g/mol. The molecule has 0 bridgehead atoms. The maximum atomic E-state index is 4.53. The van der Waals surface area contributed by atoms with Crippen LogP contribution in [0.3, 0.4) is 0 Å². The summed E-state index contributed by atoms with van der Waals surface area (Å²) in [5.74, 6) is 0.769. The number of anilines is 2. The van der Waals surface area contributed by atoms with Gasteiger partial charge in [-0.05, 0) is 36.6 Å². The van der Waals surface area contributed by atoms with Crippen molar-refractivity contribution >= 4 is 50.2 Å². The van der Waals surface area contributed by atoms with Crippen LogP contribution in [0, 0.1) is 0 Å². The zero-order valence-corrected chi connectivity index (χ0v) is 13.1. The Morgan fingerprint density at radius 1 is 1.15 bits per heavy atom. The minimum Gasteiger partial charge on any atom is -0.339 e. The summed E-state index contributed by atoms with van der Waals surface area (Å²) in [5.41, 5.74) is 1.67.